The highest BCUT2D eigenvalue weighted by Crippen LogP contribution is 2.27. The molecule has 7 heteroatoms. The van der Waals surface area contributed by atoms with Crippen molar-refractivity contribution in [3.8, 4) is 0 Å². The van der Waals surface area contributed by atoms with Gasteiger partial charge in [-0.1, -0.05) is 6.07 Å². The number of halogens is 3. The number of sulfonamides is 1. The molecular weight excluding hydrogens is 352 g/mol. The molecule has 106 valence electrons. The average molecular weight is 362 g/mol. The lowest BCUT2D eigenvalue weighted by molar-refractivity contribution is 0.594. The Kier molecular flexibility index (Phi) is 4.10. The van der Waals surface area contributed by atoms with E-state index in [4.69, 9.17) is 0 Å². The summed E-state index contributed by atoms with van der Waals surface area (Å²) in [5.41, 5.74) is 0.445. The van der Waals surface area contributed by atoms with Crippen LogP contribution in [0.1, 0.15) is 5.56 Å². The maximum atomic E-state index is 13.2. The van der Waals surface area contributed by atoms with Crippen LogP contribution in [0.2, 0.25) is 0 Å². The largest absolute Gasteiger partial charge is 0.278 e. The highest BCUT2D eigenvalue weighted by Gasteiger charge is 2.19. The molecule has 0 atom stereocenters. The maximum absolute atomic E-state index is 13.2. The van der Waals surface area contributed by atoms with E-state index in [0.717, 1.165) is 12.1 Å². The third-order valence-electron chi connectivity index (χ3n) is 2.61. The number of hydrogen-bond acceptors (Lipinski definition) is 2. The average Bonchev–Trinajstić information content (AvgIpc) is 2.36. The second kappa shape index (κ2) is 5.49. The van der Waals surface area contributed by atoms with Gasteiger partial charge in [0.2, 0.25) is 0 Å². The van der Waals surface area contributed by atoms with Gasteiger partial charge in [0.25, 0.3) is 10.0 Å². The fraction of sp³-hybridized carbons (Fsp3) is 0.0769. The Hall–Kier alpha value is -1.47. The lowest BCUT2D eigenvalue weighted by atomic mass is 10.2. The Morgan fingerprint density at radius 3 is 2.35 bits per heavy atom. The van der Waals surface area contributed by atoms with Crippen LogP contribution in [0.25, 0.3) is 0 Å². The van der Waals surface area contributed by atoms with Crippen LogP contribution in [0.4, 0.5) is 14.5 Å². The summed E-state index contributed by atoms with van der Waals surface area (Å²) in [6.45, 7) is 1.55. The summed E-state index contributed by atoms with van der Waals surface area (Å²) in [4.78, 5) is -0.186. The van der Waals surface area contributed by atoms with Crippen molar-refractivity contribution >= 4 is 31.6 Å². The molecule has 0 aliphatic carbocycles. The minimum Gasteiger partial charge on any atom is -0.278 e. The van der Waals surface area contributed by atoms with Crippen LogP contribution in [0.5, 0.6) is 0 Å². The van der Waals surface area contributed by atoms with Gasteiger partial charge in [-0.25, -0.2) is 17.2 Å². The summed E-state index contributed by atoms with van der Waals surface area (Å²) in [6, 6.07) is 7.07. The SMILES string of the molecule is Cc1ccc(F)cc1S(=O)(=O)Nc1cc(F)ccc1Br. The van der Waals surface area contributed by atoms with E-state index >= 15 is 0 Å². The molecule has 2 aromatic rings. The molecule has 0 heterocycles. The number of anilines is 1. The normalized spacial score (nSPS) is 11.4. The van der Waals surface area contributed by atoms with Crippen molar-refractivity contribution in [3.05, 3.63) is 58.1 Å². The summed E-state index contributed by atoms with van der Waals surface area (Å²) in [7, 11) is -3.99. The molecule has 0 amide bonds. The third-order valence-corrected chi connectivity index (χ3v) is 4.81. The zero-order valence-electron chi connectivity index (χ0n) is 10.3. The van der Waals surface area contributed by atoms with Crippen LogP contribution < -0.4 is 4.72 Å². The van der Waals surface area contributed by atoms with Crippen LogP contribution in [0, 0.1) is 18.6 Å². The van der Waals surface area contributed by atoms with E-state index in [0.29, 0.717) is 10.0 Å². The fourth-order valence-electron chi connectivity index (χ4n) is 1.64. The highest BCUT2D eigenvalue weighted by atomic mass is 79.9. The van der Waals surface area contributed by atoms with Gasteiger partial charge in [-0.05, 0) is 58.7 Å². The maximum Gasteiger partial charge on any atom is 0.262 e. The second-order valence-corrected chi connectivity index (χ2v) is 6.64. The van der Waals surface area contributed by atoms with E-state index < -0.39 is 21.7 Å². The molecule has 0 bridgehead atoms. The Labute approximate surface area is 123 Å². The summed E-state index contributed by atoms with van der Waals surface area (Å²) < 4.78 is 53.4. The standard InChI is InChI=1S/C13H10BrF2NO2S/c1-8-2-3-10(16)7-13(8)20(18,19)17-12-6-9(15)4-5-11(12)14/h2-7,17H,1H3. The summed E-state index contributed by atoms with van der Waals surface area (Å²) >= 11 is 3.12. The zero-order valence-corrected chi connectivity index (χ0v) is 12.7. The van der Waals surface area contributed by atoms with Crippen molar-refractivity contribution in [1.29, 1.82) is 0 Å². The summed E-state index contributed by atoms with van der Waals surface area (Å²) in [5.74, 6) is -1.24. The van der Waals surface area contributed by atoms with Crippen molar-refractivity contribution in [2.45, 2.75) is 11.8 Å². The minimum atomic E-state index is -3.99. The van der Waals surface area contributed by atoms with E-state index in [2.05, 4.69) is 20.7 Å². The first-order chi connectivity index (χ1) is 9.29. The molecule has 0 fully saturated rings. The van der Waals surface area contributed by atoms with Gasteiger partial charge in [-0.15, -0.1) is 0 Å². The first kappa shape index (κ1) is 14.9. The second-order valence-electron chi connectivity index (χ2n) is 4.14. The topological polar surface area (TPSA) is 46.2 Å². The molecule has 0 saturated heterocycles. The van der Waals surface area contributed by atoms with Gasteiger partial charge in [-0.3, -0.25) is 4.72 Å². The van der Waals surface area contributed by atoms with Crippen LogP contribution in [0.3, 0.4) is 0 Å². The number of benzene rings is 2. The van der Waals surface area contributed by atoms with Crippen LogP contribution in [0.15, 0.2) is 45.8 Å². The quantitative estimate of drug-likeness (QED) is 0.902. The van der Waals surface area contributed by atoms with Gasteiger partial charge in [0.15, 0.2) is 0 Å². The van der Waals surface area contributed by atoms with E-state index in [-0.39, 0.29) is 10.6 Å². The molecule has 20 heavy (non-hydrogen) atoms. The molecule has 0 aliphatic heterocycles. The van der Waals surface area contributed by atoms with E-state index in [9.17, 15) is 17.2 Å². The van der Waals surface area contributed by atoms with E-state index in [1.807, 2.05) is 0 Å². The number of aryl methyl sites for hydroxylation is 1. The van der Waals surface area contributed by atoms with Crippen molar-refractivity contribution in [2.75, 3.05) is 4.72 Å². The minimum absolute atomic E-state index is 0.0497. The van der Waals surface area contributed by atoms with Crippen molar-refractivity contribution in [3.63, 3.8) is 0 Å². The molecule has 2 rings (SSSR count). The molecule has 1 N–H and O–H groups in total. The van der Waals surface area contributed by atoms with Gasteiger partial charge in [0.05, 0.1) is 10.6 Å². The summed E-state index contributed by atoms with van der Waals surface area (Å²) in [5, 5.41) is 0. The van der Waals surface area contributed by atoms with Gasteiger partial charge in [-0.2, -0.15) is 0 Å². The lowest BCUT2D eigenvalue weighted by Gasteiger charge is -2.11. The Bertz CT molecular complexity index is 763. The van der Waals surface area contributed by atoms with Gasteiger partial charge < -0.3 is 0 Å². The van der Waals surface area contributed by atoms with Crippen LogP contribution in [-0.4, -0.2) is 8.42 Å². The Morgan fingerprint density at radius 1 is 1.05 bits per heavy atom. The van der Waals surface area contributed by atoms with E-state index in [1.165, 1.54) is 24.3 Å². The molecule has 0 spiro atoms. The summed E-state index contributed by atoms with van der Waals surface area (Å²) in [6.07, 6.45) is 0. The number of nitrogens with one attached hydrogen (secondary N) is 1. The monoisotopic (exact) mass is 361 g/mol. The predicted octanol–water partition coefficient (Wildman–Crippen LogP) is 3.84. The number of hydrogen-bond donors (Lipinski definition) is 1. The van der Waals surface area contributed by atoms with Crippen molar-refractivity contribution in [2.24, 2.45) is 0 Å². The van der Waals surface area contributed by atoms with Gasteiger partial charge in [0.1, 0.15) is 11.6 Å². The van der Waals surface area contributed by atoms with Crippen molar-refractivity contribution in [1.82, 2.24) is 0 Å². The third kappa shape index (κ3) is 3.16. The lowest BCUT2D eigenvalue weighted by Crippen LogP contribution is -2.15. The molecule has 2 aromatic carbocycles. The van der Waals surface area contributed by atoms with Crippen LogP contribution in [-0.2, 0) is 10.0 Å². The first-order valence-electron chi connectivity index (χ1n) is 5.53. The molecular formula is C13H10BrF2NO2S. The fourth-order valence-corrected chi connectivity index (χ4v) is 3.44. The molecule has 3 nitrogen and oxygen atoms in total. The Morgan fingerprint density at radius 2 is 1.65 bits per heavy atom. The van der Waals surface area contributed by atoms with Gasteiger partial charge >= 0.3 is 0 Å². The first-order valence-corrected chi connectivity index (χ1v) is 7.81. The van der Waals surface area contributed by atoms with Crippen LogP contribution >= 0.6 is 15.9 Å². The van der Waals surface area contributed by atoms with Crippen molar-refractivity contribution < 1.29 is 17.2 Å². The van der Waals surface area contributed by atoms with E-state index in [1.54, 1.807) is 6.92 Å². The molecule has 0 unspecified atom stereocenters. The number of rotatable bonds is 3. The smallest absolute Gasteiger partial charge is 0.262 e. The molecule has 0 radical (unpaired) electrons. The molecule has 0 aliphatic rings. The Balaban J connectivity index is 2.46. The molecule has 0 aromatic heterocycles. The highest BCUT2D eigenvalue weighted by molar-refractivity contribution is 9.10. The predicted molar refractivity (Wildman–Crippen MR) is 76.0 cm³/mol. The van der Waals surface area contributed by atoms with Gasteiger partial charge in [0, 0.05) is 4.47 Å². The molecule has 0 saturated carbocycles. The zero-order chi connectivity index (χ0) is 14.9.